The van der Waals surface area contributed by atoms with Gasteiger partial charge in [-0.25, -0.2) is 9.59 Å². The first-order valence-electron chi connectivity index (χ1n) is 5.11. The fraction of sp³-hybridized carbons (Fsp3) is 0.545. The third kappa shape index (κ3) is 3.30. The summed E-state index contributed by atoms with van der Waals surface area (Å²) in [5, 5.41) is 2.61. The fourth-order valence-electron chi connectivity index (χ4n) is 1.43. The molecule has 17 heavy (non-hydrogen) atoms. The summed E-state index contributed by atoms with van der Waals surface area (Å²) in [6, 6.07) is 0. The predicted molar refractivity (Wildman–Crippen MR) is 57.8 cm³/mol. The van der Waals surface area contributed by atoms with Crippen LogP contribution in [0.15, 0.2) is 12.2 Å². The smallest absolute Gasteiger partial charge is 0.331 e. The van der Waals surface area contributed by atoms with E-state index in [-0.39, 0.29) is 5.91 Å². The highest BCUT2D eigenvalue weighted by Gasteiger charge is 2.43. The highest BCUT2D eigenvalue weighted by Crippen LogP contribution is 2.27. The molecule has 0 aliphatic carbocycles. The maximum atomic E-state index is 11.4. The lowest BCUT2D eigenvalue weighted by Gasteiger charge is -2.22. The normalized spacial score (nSPS) is 22.3. The molecule has 0 aromatic rings. The Hall–Kier alpha value is -1.85. The van der Waals surface area contributed by atoms with E-state index in [2.05, 4.69) is 10.1 Å². The zero-order valence-electron chi connectivity index (χ0n) is 9.98. The maximum absolute atomic E-state index is 11.4. The predicted octanol–water partition coefficient (Wildman–Crippen LogP) is -0.217. The van der Waals surface area contributed by atoms with Gasteiger partial charge in [0, 0.05) is 24.1 Å². The summed E-state index contributed by atoms with van der Waals surface area (Å²) in [5.41, 5.74) is -0.453. The first-order valence-corrected chi connectivity index (χ1v) is 5.11. The summed E-state index contributed by atoms with van der Waals surface area (Å²) < 4.78 is 9.31. The number of amides is 1. The minimum atomic E-state index is -0.836. The SMILES string of the molecule is COC(=O)/C=C/C(=O)OC1C(=O)NCC1(C)C. The van der Waals surface area contributed by atoms with Crippen molar-refractivity contribution in [1.29, 1.82) is 0 Å². The van der Waals surface area contributed by atoms with Crippen molar-refractivity contribution in [2.45, 2.75) is 20.0 Å². The van der Waals surface area contributed by atoms with Gasteiger partial charge in [0.05, 0.1) is 7.11 Å². The van der Waals surface area contributed by atoms with E-state index in [1.54, 1.807) is 0 Å². The van der Waals surface area contributed by atoms with Crippen LogP contribution >= 0.6 is 0 Å². The molecule has 1 aliphatic rings. The molecule has 1 amide bonds. The molecule has 0 aromatic heterocycles. The second kappa shape index (κ2) is 4.99. The highest BCUT2D eigenvalue weighted by molar-refractivity contribution is 5.93. The van der Waals surface area contributed by atoms with Gasteiger partial charge < -0.3 is 14.8 Å². The second-order valence-electron chi connectivity index (χ2n) is 4.38. The zero-order valence-corrected chi connectivity index (χ0v) is 9.98. The van der Waals surface area contributed by atoms with E-state index < -0.39 is 23.5 Å². The van der Waals surface area contributed by atoms with Crippen LogP contribution in [0.25, 0.3) is 0 Å². The van der Waals surface area contributed by atoms with Gasteiger partial charge in [-0.1, -0.05) is 13.8 Å². The molecule has 1 fully saturated rings. The van der Waals surface area contributed by atoms with Gasteiger partial charge in [0.25, 0.3) is 5.91 Å². The average Bonchev–Trinajstić information content (AvgIpc) is 2.53. The van der Waals surface area contributed by atoms with E-state index in [1.165, 1.54) is 7.11 Å². The molecule has 1 saturated heterocycles. The molecule has 94 valence electrons. The summed E-state index contributed by atoms with van der Waals surface area (Å²) >= 11 is 0. The van der Waals surface area contributed by atoms with E-state index in [9.17, 15) is 14.4 Å². The van der Waals surface area contributed by atoms with Gasteiger partial charge in [-0.15, -0.1) is 0 Å². The molecule has 0 saturated carbocycles. The van der Waals surface area contributed by atoms with Gasteiger partial charge >= 0.3 is 11.9 Å². The highest BCUT2D eigenvalue weighted by atomic mass is 16.6. The van der Waals surface area contributed by atoms with Crippen LogP contribution in [0.5, 0.6) is 0 Å². The largest absolute Gasteiger partial charge is 0.466 e. The third-order valence-electron chi connectivity index (χ3n) is 2.46. The van der Waals surface area contributed by atoms with Gasteiger partial charge in [0.1, 0.15) is 0 Å². The molecule has 1 unspecified atom stereocenters. The molecule has 1 atom stereocenters. The summed E-state index contributed by atoms with van der Waals surface area (Å²) in [6.45, 7) is 4.07. The van der Waals surface area contributed by atoms with Crippen molar-refractivity contribution in [3.05, 3.63) is 12.2 Å². The Morgan fingerprint density at radius 1 is 1.35 bits per heavy atom. The van der Waals surface area contributed by atoms with Crippen molar-refractivity contribution in [2.75, 3.05) is 13.7 Å². The number of methoxy groups -OCH3 is 1. The number of hydrogen-bond donors (Lipinski definition) is 1. The van der Waals surface area contributed by atoms with E-state index >= 15 is 0 Å². The van der Waals surface area contributed by atoms with Crippen LogP contribution in [0.4, 0.5) is 0 Å². The molecule has 0 spiro atoms. The first kappa shape index (κ1) is 13.2. The minimum Gasteiger partial charge on any atom is -0.466 e. The standard InChI is InChI=1S/C11H15NO5/c1-11(2)6-12-10(15)9(11)17-8(14)5-4-7(13)16-3/h4-5,9H,6H2,1-3H3,(H,12,15)/b5-4+. The van der Waals surface area contributed by atoms with Crippen molar-refractivity contribution < 1.29 is 23.9 Å². The number of ether oxygens (including phenoxy) is 2. The molecule has 0 aromatic carbocycles. The number of esters is 2. The Labute approximate surface area is 99.0 Å². The number of nitrogens with one attached hydrogen (secondary N) is 1. The van der Waals surface area contributed by atoms with Crippen LogP contribution < -0.4 is 5.32 Å². The van der Waals surface area contributed by atoms with E-state index in [1.807, 2.05) is 13.8 Å². The van der Waals surface area contributed by atoms with E-state index in [0.29, 0.717) is 6.54 Å². The molecule has 0 radical (unpaired) electrons. The number of carbonyl (C=O) groups excluding carboxylic acids is 3. The van der Waals surface area contributed by atoms with Crippen LogP contribution in [-0.4, -0.2) is 37.6 Å². The van der Waals surface area contributed by atoms with Gasteiger partial charge in [-0.3, -0.25) is 4.79 Å². The fourth-order valence-corrected chi connectivity index (χ4v) is 1.43. The topological polar surface area (TPSA) is 81.7 Å². The molecular weight excluding hydrogens is 226 g/mol. The summed E-state index contributed by atoms with van der Waals surface area (Å²) in [5.74, 6) is -1.72. The molecule has 6 heteroatoms. The van der Waals surface area contributed by atoms with Gasteiger partial charge in [-0.2, -0.15) is 0 Å². The maximum Gasteiger partial charge on any atom is 0.331 e. The van der Waals surface area contributed by atoms with Gasteiger partial charge in [-0.05, 0) is 0 Å². The summed E-state index contributed by atoms with van der Waals surface area (Å²) in [4.78, 5) is 33.5. The van der Waals surface area contributed by atoms with Crippen LogP contribution in [0.3, 0.4) is 0 Å². The zero-order chi connectivity index (χ0) is 13.1. The molecule has 1 rings (SSSR count). The Morgan fingerprint density at radius 3 is 2.41 bits per heavy atom. The quantitative estimate of drug-likeness (QED) is 0.546. The number of carbonyl (C=O) groups is 3. The molecule has 0 bridgehead atoms. The van der Waals surface area contributed by atoms with Crippen molar-refractivity contribution in [2.24, 2.45) is 5.41 Å². The van der Waals surface area contributed by atoms with Crippen molar-refractivity contribution in [3.63, 3.8) is 0 Å². The average molecular weight is 241 g/mol. The summed E-state index contributed by atoms with van der Waals surface area (Å²) in [6.07, 6.45) is 1.05. The Kier molecular flexibility index (Phi) is 3.88. The molecule has 6 nitrogen and oxygen atoms in total. The van der Waals surface area contributed by atoms with Crippen LogP contribution in [-0.2, 0) is 23.9 Å². The lowest BCUT2D eigenvalue weighted by Crippen LogP contribution is -2.35. The monoisotopic (exact) mass is 241 g/mol. The van der Waals surface area contributed by atoms with E-state index in [0.717, 1.165) is 12.2 Å². The lowest BCUT2D eigenvalue weighted by molar-refractivity contribution is -0.154. The molecular formula is C11H15NO5. The Balaban J connectivity index is 2.60. The summed E-state index contributed by atoms with van der Waals surface area (Å²) in [7, 11) is 1.20. The van der Waals surface area contributed by atoms with Crippen molar-refractivity contribution in [1.82, 2.24) is 5.32 Å². The van der Waals surface area contributed by atoms with Gasteiger partial charge in [0.15, 0.2) is 6.10 Å². The lowest BCUT2D eigenvalue weighted by atomic mass is 9.90. The second-order valence-corrected chi connectivity index (χ2v) is 4.38. The number of rotatable bonds is 3. The van der Waals surface area contributed by atoms with Gasteiger partial charge in [0.2, 0.25) is 0 Å². The van der Waals surface area contributed by atoms with Crippen LogP contribution in [0.1, 0.15) is 13.8 Å². The van der Waals surface area contributed by atoms with Crippen molar-refractivity contribution >= 4 is 17.8 Å². The molecule has 1 N–H and O–H groups in total. The van der Waals surface area contributed by atoms with Crippen LogP contribution in [0, 0.1) is 5.41 Å². The van der Waals surface area contributed by atoms with E-state index in [4.69, 9.17) is 4.74 Å². The first-order chi connectivity index (χ1) is 7.86. The third-order valence-corrected chi connectivity index (χ3v) is 2.46. The molecule has 1 heterocycles. The van der Waals surface area contributed by atoms with Crippen molar-refractivity contribution in [3.8, 4) is 0 Å². The minimum absolute atomic E-state index is 0.324. The Bertz CT molecular complexity index is 372. The molecule has 1 aliphatic heterocycles. The van der Waals surface area contributed by atoms with Crippen LogP contribution in [0.2, 0.25) is 0 Å². The number of hydrogen-bond acceptors (Lipinski definition) is 5. The Morgan fingerprint density at radius 2 is 1.94 bits per heavy atom.